The molecule has 1 aliphatic rings. The minimum atomic E-state index is -1.74. The van der Waals surface area contributed by atoms with Gasteiger partial charge < -0.3 is 30.4 Å². The highest BCUT2D eigenvalue weighted by Gasteiger charge is 2.53. The van der Waals surface area contributed by atoms with Crippen molar-refractivity contribution in [2.24, 2.45) is 5.84 Å². The zero-order valence-electron chi connectivity index (χ0n) is 12.7. The number of amides is 1. The van der Waals surface area contributed by atoms with Crippen LogP contribution in [-0.2, 0) is 4.74 Å². The van der Waals surface area contributed by atoms with Crippen LogP contribution in [0.25, 0.3) is 11.0 Å². The van der Waals surface area contributed by atoms with Crippen molar-refractivity contribution in [3.63, 3.8) is 0 Å². The molecule has 0 aromatic carbocycles. The van der Waals surface area contributed by atoms with Gasteiger partial charge in [-0.1, -0.05) is 0 Å². The van der Waals surface area contributed by atoms with E-state index in [1.807, 2.05) is 5.43 Å². The van der Waals surface area contributed by atoms with Gasteiger partial charge in [0.25, 0.3) is 5.91 Å². The molecule has 130 valence electrons. The number of ether oxygens (including phenoxy) is 1. The molecule has 3 heterocycles. The number of nitrogens with two attached hydrogens (primary N) is 2. The fraction of sp³-hybridized carbons (Fsp3) is 0.462. The predicted octanol–water partition coefficient (Wildman–Crippen LogP) is -2.38. The third-order valence-electron chi connectivity index (χ3n) is 4.20. The third kappa shape index (κ3) is 2.22. The number of carbonyl (C=O) groups excluding carboxylic acids is 1. The van der Waals surface area contributed by atoms with Crippen molar-refractivity contribution in [2.45, 2.75) is 31.0 Å². The molecule has 8 N–H and O–H groups in total. The molecule has 1 aliphatic heterocycles. The molecule has 1 amide bonds. The molecular formula is C13H18N6O5. The molecule has 11 nitrogen and oxygen atoms in total. The first kappa shape index (κ1) is 16.5. The number of aromatic nitrogens is 3. The number of hydrogen-bond acceptors (Lipinski definition) is 9. The van der Waals surface area contributed by atoms with Gasteiger partial charge in [-0.05, 0) is 6.92 Å². The number of rotatable bonds is 3. The van der Waals surface area contributed by atoms with E-state index in [0.717, 1.165) is 0 Å². The van der Waals surface area contributed by atoms with Crippen LogP contribution in [0, 0.1) is 0 Å². The second-order valence-electron chi connectivity index (χ2n) is 5.76. The van der Waals surface area contributed by atoms with Crippen LogP contribution in [0.5, 0.6) is 0 Å². The standard InChI is InChI=1S/C13H18N6O5/c1-13(23)8(21)6(3-20)24-12(13)19-2-5(11(22)18-15)7-9(14)16-4-17-10(7)19/h2,4,6,8,12,20-21,23H,3,15H2,1H3,(H,18,22)(H2,14,16,17)/t6?,8?,12?,13-/m1/s1. The predicted molar refractivity (Wildman–Crippen MR) is 81.2 cm³/mol. The lowest BCUT2D eigenvalue weighted by Crippen LogP contribution is -2.44. The maximum atomic E-state index is 12.0. The van der Waals surface area contributed by atoms with E-state index in [4.69, 9.17) is 16.3 Å². The van der Waals surface area contributed by atoms with E-state index in [9.17, 15) is 20.1 Å². The molecule has 0 spiro atoms. The van der Waals surface area contributed by atoms with Crippen molar-refractivity contribution in [1.82, 2.24) is 20.0 Å². The second-order valence-corrected chi connectivity index (χ2v) is 5.76. The van der Waals surface area contributed by atoms with Crippen molar-refractivity contribution in [3.8, 4) is 0 Å². The lowest BCUT2D eigenvalue weighted by molar-refractivity contribution is -0.0948. The Kier molecular flexibility index (Phi) is 3.89. The van der Waals surface area contributed by atoms with Gasteiger partial charge in [0, 0.05) is 6.20 Å². The van der Waals surface area contributed by atoms with E-state index in [2.05, 4.69) is 9.97 Å². The number of nitrogen functional groups attached to an aromatic ring is 2. The quantitative estimate of drug-likeness (QED) is 0.202. The fourth-order valence-corrected chi connectivity index (χ4v) is 2.93. The Morgan fingerprint density at radius 1 is 1.54 bits per heavy atom. The summed E-state index contributed by atoms with van der Waals surface area (Å²) in [5.74, 6) is 4.61. The van der Waals surface area contributed by atoms with Crippen molar-refractivity contribution in [3.05, 3.63) is 18.1 Å². The number of nitrogens with one attached hydrogen (secondary N) is 1. The molecule has 1 fully saturated rings. The molecule has 24 heavy (non-hydrogen) atoms. The highest BCUT2D eigenvalue weighted by Crippen LogP contribution is 2.40. The molecule has 2 aromatic rings. The molecule has 11 heteroatoms. The molecule has 0 saturated carbocycles. The first-order valence-corrected chi connectivity index (χ1v) is 7.11. The number of nitrogens with zero attached hydrogens (tertiary/aromatic N) is 3. The van der Waals surface area contributed by atoms with Gasteiger partial charge in [-0.25, -0.2) is 15.8 Å². The highest BCUT2D eigenvalue weighted by atomic mass is 16.6. The summed E-state index contributed by atoms with van der Waals surface area (Å²) in [7, 11) is 0. The van der Waals surface area contributed by atoms with Crippen molar-refractivity contribution < 1.29 is 24.9 Å². The SMILES string of the molecule is C[C@@]1(O)C(O)C(CO)OC1n1cc(C(=O)NN)c2c(N)ncnc21. The van der Waals surface area contributed by atoms with Crippen molar-refractivity contribution in [2.75, 3.05) is 12.3 Å². The molecule has 4 atom stereocenters. The number of hydrogen-bond donors (Lipinski definition) is 6. The number of carbonyl (C=O) groups is 1. The summed E-state index contributed by atoms with van der Waals surface area (Å²) < 4.78 is 6.91. The Hall–Kier alpha value is -2.31. The Morgan fingerprint density at radius 2 is 2.25 bits per heavy atom. The summed E-state index contributed by atoms with van der Waals surface area (Å²) in [6.07, 6.45) is -0.893. The first-order valence-electron chi connectivity index (χ1n) is 7.11. The Bertz CT molecular complexity index is 790. The maximum absolute atomic E-state index is 12.0. The summed E-state index contributed by atoms with van der Waals surface area (Å²) in [6, 6.07) is 0. The van der Waals surface area contributed by atoms with Gasteiger partial charge in [-0.3, -0.25) is 10.2 Å². The summed E-state index contributed by atoms with van der Waals surface area (Å²) in [6.45, 7) is 0.872. The zero-order chi connectivity index (χ0) is 17.6. The molecular weight excluding hydrogens is 320 g/mol. The van der Waals surface area contributed by atoms with Crippen LogP contribution in [0.1, 0.15) is 23.5 Å². The summed E-state index contributed by atoms with van der Waals surface area (Å²) in [5, 5.41) is 30.3. The molecule has 3 unspecified atom stereocenters. The second kappa shape index (κ2) is 5.65. The van der Waals surface area contributed by atoms with Gasteiger partial charge in [0.05, 0.1) is 17.6 Å². The van der Waals surface area contributed by atoms with E-state index < -0.39 is 36.6 Å². The van der Waals surface area contributed by atoms with E-state index in [-0.39, 0.29) is 22.4 Å². The van der Waals surface area contributed by atoms with Gasteiger partial charge >= 0.3 is 0 Å². The normalized spacial score (nSPS) is 30.0. The highest BCUT2D eigenvalue weighted by molar-refractivity contribution is 6.09. The largest absolute Gasteiger partial charge is 0.394 e. The van der Waals surface area contributed by atoms with Crippen LogP contribution in [0.4, 0.5) is 5.82 Å². The lowest BCUT2D eigenvalue weighted by Gasteiger charge is -2.27. The zero-order valence-corrected chi connectivity index (χ0v) is 12.7. The van der Waals surface area contributed by atoms with Crippen LogP contribution < -0.4 is 17.0 Å². The van der Waals surface area contributed by atoms with E-state index in [1.54, 1.807) is 0 Å². The smallest absolute Gasteiger partial charge is 0.267 e. The van der Waals surface area contributed by atoms with Crippen LogP contribution in [0.2, 0.25) is 0 Å². The monoisotopic (exact) mass is 338 g/mol. The Morgan fingerprint density at radius 3 is 2.83 bits per heavy atom. The maximum Gasteiger partial charge on any atom is 0.267 e. The average Bonchev–Trinajstić information content (AvgIpc) is 3.04. The molecule has 2 aromatic heterocycles. The lowest BCUT2D eigenvalue weighted by atomic mass is 9.96. The Labute approximate surface area is 135 Å². The van der Waals surface area contributed by atoms with Gasteiger partial charge in [0.2, 0.25) is 0 Å². The topological polar surface area (TPSA) is 182 Å². The molecule has 0 aliphatic carbocycles. The number of aliphatic hydroxyl groups excluding tert-OH is 2. The van der Waals surface area contributed by atoms with Gasteiger partial charge in [-0.2, -0.15) is 0 Å². The number of hydrazine groups is 1. The minimum Gasteiger partial charge on any atom is -0.394 e. The van der Waals surface area contributed by atoms with Gasteiger partial charge in [0.1, 0.15) is 35.6 Å². The molecule has 3 rings (SSSR count). The third-order valence-corrected chi connectivity index (χ3v) is 4.20. The van der Waals surface area contributed by atoms with Crippen LogP contribution in [-0.4, -0.2) is 60.2 Å². The Balaban J connectivity index is 2.21. The fourth-order valence-electron chi connectivity index (χ4n) is 2.93. The summed E-state index contributed by atoms with van der Waals surface area (Å²) in [5.41, 5.74) is 6.40. The average molecular weight is 338 g/mol. The number of fused-ring (bicyclic) bond motifs is 1. The number of aliphatic hydroxyl groups is 3. The van der Waals surface area contributed by atoms with E-state index in [0.29, 0.717) is 0 Å². The molecule has 1 saturated heterocycles. The van der Waals surface area contributed by atoms with Crippen molar-refractivity contribution >= 4 is 22.8 Å². The first-order chi connectivity index (χ1) is 11.3. The van der Waals surface area contributed by atoms with Gasteiger partial charge in [0.15, 0.2) is 6.23 Å². The van der Waals surface area contributed by atoms with Crippen LogP contribution in [0.3, 0.4) is 0 Å². The van der Waals surface area contributed by atoms with E-state index >= 15 is 0 Å². The molecule has 0 bridgehead atoms. The number of anilines is 1. The van der Waals surface area contributed by atoms with E-state index in [1.165, 1.54) is 24.0 Å². The minimum absolute atomic E-state index is 0.0502. The van der Waals surface area contributed by atoms with Crippen LogP contribution >= 0.6 is 0 Å². The van der Waals surface area contributed by atoms with Crippen molar-refractivity contribution in [1.29, 1.82) is 0 Å². The molecule has 0 radical (unpaired) electrons. The summed E-state index contributed by atoms with van der Waals surface area (Å²) >= 11 is 0. The van der Waals surface area contributed by atoms with Gasteiger partial charge in [-0.15, -0.1) is 0 Å². The summed E-state index contributed by atoms with van der Waals surface area (Å²) in [4.78, 5) is 19.9. The van der Waals surface area contributed by atoms with Crippen LogP contribution in [0.15, 0.2) is 12.5 Å².